The smallest absolute Gasteiger partial charge is 0.307 e. The zero-order valence-corrected chi connectivity index (χ0v) is 10.8. The number of carboxylic acids is 2. The third kappa shape index (κ3) is 2.52. The van der Waals surface area contributed by atoms with Gasteiger partial charge in [-0.25, -0.2) is 0 Å². The van der Waals surface area contributed by atoms with Crippen LogP contribution in [0.25, 0.3) is 0 Å². The van der Waals surface area contributed by atoms with Gasteiger partial charge >= 0.3 is 11.9 Å². The molecule has 0 radical (unpaired) electrons. The van der Waals surface area contributed by atoms with Gasteiger partial charge in [-0.1, -0.05) is 31.8 Å². The standard InChI is InChI=1S/C11H18O4Si/c1-16(2,3)8-6-4-5-7(10(12)13)9(8)11(14)15/h4,6-9H,5H2,1-3H3,(H,12,13)(H,14,15). The normalized spacial score (nSPS) is 30.1. The van der Waals surface area contributed by atoms with Crippen molar-refractivity contribution < 1.29 is 19.8 Å². The van der Waals surface area contributed by atoms with E-state index < -0.39 is 31.8 Å². The maximum atomic E-state index is 11.3. The Labute approximate surface area is 96.0 Å². The molecule has 1 rings (SSSR count). The number of rotatable bonds is 3. The Balaban J connectivity index is 3.09. The molecule has 90 valence electrons. The summed E-state index contributed by atoms with van der Waals surface area (Å²) in [5.41, 5.74) is -0.0974. The summed E-state index contributed by atoms with van der Waals surface area (Å²) in [6, 6.07) is 0. The summed E-state index contributed by atoms with van der Waals surface area (Å²) in [7, 11) is -1.70. The molecule has 1 aliphatic rings. The second-order valence-corrected chi connectivity index (χ2v) is 10.8. The van der Waals surface area contributed by atoms with Crippen molar-refractivity contribution in [2.24, 2.45) is 11.8 Å². The first kappa shape index (κ1) is 13.0. The van der Waals surface area contributed by atoms with Gasteiger partial charge < -0.3 is 10.2 Å². The molecule has 0 spiro atoms. The van der Waals surface area contributed by atoms with Crippen LogP contribution in [0.3, 0.4) is 0 Å². The molecule has 0 aliphatic heterocycles. The molecule has 0 heterocycles. The average molecular weight is 242 g/mol. The first-order valence-electron chi connectivity index (χ1n) is 5.37. The van der Waals surface area contributed by atoms with Gasteiger partial charge in [0, 0.05) is 0 Å². The second kappa shape index (κ2) is 4.41. The maximum Gasteiger partial charge on any atom is 0.307 e. The van der Waals surface area contributed by atoms with E-state index in [1.165, 1.54) is 0 Å². The lowest BCUT2D eigenvalue weighted by molar-refractivity contribution is -0.153. The van der Waals surface area contributed by atoms with Gasteiger partial charge in [-0.15, -0.1) is 0 Å². The molecule has 3 atom stereocenters. The third-order valence-corrected chi connectivity index (χ3v) is 5.71. The number of hydrogen-bond donors (Lipinski definition) is 2. The third-order valence-electron chi connectivity index (χ3n) is 3.16. The van der Waals surface area contributed by atoms with E-state index in [2.05, 4.69) is 19.6 Å². The van der Waals surface area contributed by atoms with Gasteiger partial charge in [0.25, 0.3) is 0 Å². The Morgan fingerprint density at radius 1 is 1.19 bits per heavy atom. The minimum Gasteiger partial charge on any atom is -0.481 e. The topological polar surface area (TPSA) is 74.6 Å². The summed E-state index contributed by atoms with van der Waals surface area (Å²) in [5.74, 6) is -3.53. The van der Waals surface area contributed by atoms with Crippen molar-refractivity contribution in [3.05, 3.63) is 12.2 Å². The van der Waals surface area contributed by atoms with E-state index in [1.54, 1.807) is 0 Å². The lowest BCUT2D eigenvalue weighted by Crippen LogP contribution is -2.43. The highest BCUT2D eigenvalue weighted by atomic mass is 28.3. The number of aliphatic carboxylic acids is 2. The minimum absolute atomic E-state index is 0.0974. The minimum atomic E-state index is -1.70. The molecule has 0 aromatic rings. The van der Waals surface area contributed by atoms with E-state index in [9.17, 15) is 14.7 Å². The van der Waals surface area contributed by atoms with Gasteiger partial charge in [-0.3, -0.25) is 9.59 Å². The molecule has 0 saturated carbocycles. The summed E-state index contributed by atoms with van der Waals surface area (Å²) < 4.78 is 0. The molecule has 16 heavy (non-hydrogen) atoms. The van der Waals surface area contributed by atoms with Crippen LogP contribution in [0, 0.1) is 11.8 Å². The fourth-order valence-corrected chi connectivity index (χ4v) is 4.46. The Hall–Kier alpha value is -1.10. The highest BCUT2D eigenvalue weighted by molar-refractivity contribution is 6.78. The van der Waals surface area contributed by atoms with Crippen LogP contribution in [0.15, 0.2) is 12.2 Å². The van der Waals surface area contributed by atoms with Crippen LogP contribution in [0.4, 0.5) is 0 Å². The van der Waals surface area contributed by atoms with Crippen molar-refractivity contribution in [2.45, 2.75) is 31.6 Å². The Bertz CT molecular complexity index is 329. The highest BCUT2D eigenvalue weighted by Crippen LogP contribution is 2.41. The molecule has 0 aromatic heterocycles. The van der Waals surface area contributed by atoms with Crippen LogP contribution in [-0.2, 0) is 9.59 Å². The largest absolute Gasteiger partial charge is 0.481 e. The average Bonchev–Trinajstić information content (AvgIpc) is 2.14. The lowest BCUT2D eigenvalue weighted by atomic mass is 9.82. The van der Waals surface area contributed by atoms with Crippen LogP contribution < -0.4 is 0 Å². The van der Waals surface area contributed by atoms with E-state index in [1.807, 2.05) is 12.2 Å². The molecule has 3 unspecified atom stereocenters. The summed E-state index contributed by atoms with van der Waals surface area (Å²) in [5, 5.41) is 18.3. The molecule has 4 nitrogen and oxygen atoms in total. The molecule has 5 heteroatoms. The fourth-order valence-electron chi connectivity index (χ4n) is 2.30. The zero-order chi connectivity index (χ0) is 12.5. The fraction of sp³-hybridized carbons (Fsp3) is 0.636. The molecule has 0 bridgehead atoms. The van der Waals surface area contributed by atoms with Gasteiger partial charge in [0.15, 0.2) is 0 Å². The van der Waals surface area contributed by atoms with Crippen molar-refractivity contribution in [1.29, 1.82) is 0 Å². The van der Waals surface area contributed by atoms with Crippen molar-refractivity contribution in [3.8, 4) is 0 Å². The van der Waals surface area contributed by atoms with E-state index in [0.29, 0.717) is 6.42 Å². The molecule has 1 aliphatic carbocycles. The van der Waals surface area contributed by atoms with Crippen LogP contribution in [-0.4, -0.2) is 30.2 Å². The van der Waals surface area contributed by atoms with Gasteiger partial charge in [-0.05, 0) is 12.0 Å². The van der Waals surface area contributed by atoms with Crippen molar-refractivity contribution in [1.82, 2.24) is 0 Å². The molecule has 0 saturated heterocycles. The highest BCUT2D eigenvalue weighted by Gasteiger charge is 2.45. The molecular formula is C11H18O4Si. The van der Waals surface area contributed by atoms with Gasteiger partial charge in [0.2, 0.25) is 0 Å². The Kier molecular flexibility index (Phi) is 3.57. The molecule has 0 aromatic carbocycles. The SMILES string of the molecule is C[Si](C)(C)C1C=CCC(C(=O)O)C1C(=O)O. The number of carbonyl (C=O) groups is 2. The van der Waals surface area contributed by atoms with E-state index in [0.717, 1.165) is 0 Å². The van der Waals surface area contributed by atoms with Crippen molar-refractivity contribution >= 4 is 20.0 Å². The zero-order valence-electron chi connectivity index (χ0n) is 9.80. The molecule has 2 N–H and O–H groups in total. The van der Waals surface area contributed by atoms with Crippen LogP contribution >= 0.6 is 0 Å². The first-order chi connectivity index (χ1) is 7.25. The molecule has 0 amide bonds. The second-order valence-electron chi connectivity index (χ2n) is 5.36. The van der Waals surface area contributed by atoms with E-state index >= 15 is 0 Å². The van der Waals surface area contributed by atoms with E-state index in [-0.39, 0.29) is 5.54 Å². The number of hydrogen-bond acceptors (Lipinski definition) is 2. The van der Waals surface area contributed by atoms with E-state index in [4.69, 9.17) is 5.11 Å². The Morgan fingerprint density at radius 2 is 1.75 bits per heavy atom. The number of allylic oxidation sites excluding steroid dienone is 2. The Morgan fingerprint density at radius 3 is 2.12 bits per heavy atom. The predicted octanol–water partition coefficient (Wildman–Crippen LogP) is 2.06. The van der Waals surface area contributed by atoms with Gasteiger partial charge in [-0.2, -0.15) is 0 Å². The predicted molar refractivity (Wildman–Crippen MR) is 63.1 cm³/mol. The van der Waals surface area contributed by atoms with Crippen LogP contribution in [0.5, 0.6) is 0 Å². The quantitative estimate of drug-likeness (QED) is 0.587. The first-order valence-corrected chi connectivity index (χ1v) is 8.95. The van der Waals surface area contributed by atoms with Crippen LogP contribution in [0.2, 0.25) is 25.2 Å². The molecule has 0 fully saturated rings. The summed E-state index contributed by atoms with van der Waals surface area (Å²) >= 11 is 0. The van der Waals surface area contributed by atoms with Gasteiger partial charge in [0.05, 0.1) is 19.9 Å². The lowest BCUT2D eigenvalue weighted by Gasteiger charge is -2.36. The summed E-state index contributed by atoms with van der Waals surface area (Å²) in [6.45, 7) is 6.21. The molecular weight excluding hydrogens is 224 g/mol. The van der Waals surface area contributed by atoms with Crippen LogP contribution in [0.1, 0.15) is 6.42 Å². The number of carboxylic acid groups (broad SMARTS) is 2. The van der Waals surface area contributed by atoms with Crippen molar-refractivity contribution in [2.75, 3.05) is 0 Å². The maximum absolute atomic E-state index is 11.3. The van der Waals surface area contributed by atoms with Gasteiger partial charge in [0.1, 0.15) is 0 Å². The monoisotopic (exact) mass is 242 g/mol. The van der Waals surface area contributed by atoms with Crippen molar-refractivity contribution in [3.63, 3.8) is 0 Å². The summed E-state index contributed by atoms with van der Waals surface area (Å²) in [6.07, 6.45) is 4.05. The summed E-state index contributed by atoms with van der Waals surface area (Å²) in [4.78, 5) is 22.3.